The first-order chi connectivity index (χ1) is 17.7. The fourth-order valence-corrected chi connectivity index (χ4v) is 5.02. The molecule has 5 rings (SSSR count). The van der Waals surface area contributed by atoms with Crippen molar-refractivity contribution >= 4 is 28.7 Å². The van der Waals surface area contributed by atoms with Crippen LogP contribution in [0.2, 0.25) is 0 Å². The van der Waals surface area contributed by atoms with Gasteiger partial charge in [-0.3, -0.25) is 9.69 Å². The van der Waals surface area contributed by atoms with Crippen LogP contribution in [-0.2, 0) is 21.3 Å². The predicted octanol–water partition coefficient (Wildman–Crippen LogP) is 3.57. The Kier molecular flexibility index (Phi) is 6.81. The Labute approximate surface area is 217 Å². The molecular weight excluding hydrogens is 470 g/mol. The minimum absolute atomic E-state index is 0.0191. The average molecular weight is 506 g/mol. The monoisotopic (exact) mass is 505 g/mol. The first-order valence-electron chi connectivity index (χ1n) is 12.8. The molecule has 2 saturated heterocycles. The van der Waals surface area contributed by atoms with Gasteiger partial charge in [-0.15, -0.1) is 0 Å². The number of amides is 2. The molecule has 2 aliphatic heterocycles. The molecule has 0 spiro atoms. The van der Waals surface area contributed by atoms with E-state index in [0.717, 1.165) is 41.1 Å². The number of carbonyl (C=O) groups excluding carboxylic acids is 2. The summed E-state index contributed by atoms with van der Waals surface area (Å²) >= 11 is 0. The molecule has 37 heavy (non-hydrogen) atoms. The summed E-state index contributed by atoms with van der Waals surface area (Å²) in [6.45, 7) is 7.87. The lowest BCUT2D eigenvalue weighted by molar-refractivity contribution is -0.132. The summed E-state index contributed by atoms with van der Waals surface area (Å²) in [5, 5.41) is 3.14. The smallest absolute Gasteiger partial charge is 0.411 e. The molecule has 1 N–H and O–H groups in total. The maximum Gasteiger partial charge on any atom is 0.411 e. The normalized spacial score (nSPS) is 20.3. The molecule has 2 amide bonds. The van der Waals surface area contributed by atoms with E-state index >= 15 is 0 Å². The number of hydrogen-bond donors (Lipinski definition) is 1. The highest BCUT2D eigenvalue weighted by Gasteiger charge is 2.37. The summed E-state index contributed by atoms with van der Waals surface area (Å²) in [4.78, 5) is 34.4. The topological polar surface area (TPSA) is 88.9 Å². The largest absolute Gasteiger partial charge is 0.444 e. The van der Waals surface area contributed by atoms with Crippen LogP contribution in [0.3, 0.4) is 0 Å². The molecule has 2 fully saturated rings. The molecule has 3 aromatic rings. The quantitative estimate of drug-likeness (QED) is 0.583. The van der Waals surface area contributed by atoms with Crippen molar-refractivity contribution < 1.29 is 19.1 Å². The summed E-state index contributed by atoms with van der Waals surface area (Å²) in [6, 6.07) is 15.8. The lowest BCUT2D eigenvalue weighted by Crippen LogP contribution is -2.58. The first-order valence-corrected chi connectivity index (χ1v) is 12.8. The zero-order valence-electron chi connectivity index (χ0n) is 21.9. The van der Waals surface area contributed by atoms with E-state index in [0.29, 0.717) is 19.7 Å². The molecule has 3 heterocycles. The van der Waals surface area contributed by atoms with Gasteiger partial charge in [-0.25, -0.2) is 9.78 Å². The Bertz CT molecular complexity index is 1300. The van der Waals surface area contributed by atoms with Crippen molar-refractivity contribution in [2.45, 2.75) is 44.9 Å². The maximum atomic E-state index is 13.2. The summed E-state index contributed by atoms with van der Waals surface area (Å²) < 4.78 is 13.2. The molecule has 2 aromatic carbocycles. The maximum absolute atomic E-state index is 13.2. The lowest BCUT2D eigenvalue weighted by Gasteiger charge is -2.36. The summed E-state index contributed by atoms with van der Waals surface area (Å²) in [5.74, 6) is 0.720. The number of carbonyl (C=O) groups is 2. The third-order valence-corrected chi connectivity index (χ3v) is 6.85. The Morgan fingerprint density at radius 1 is 1.11 bits per heavy atom. The number of benzene rings is 2. The molecule has 0 saturated carbocycles. The van der Waals surface area contributed by atoms with Crippen LogP contribution in [0.15, 0.2) is 48.5 Å². The van der Waals surface area contributed by atoms with Crippen LogP contribution in [0.1, 0.15) is 27.2 Å². The number of aryl methyl sites for hydroxylation is 1. The van der Waals surface area contributed by atoms with E-state index in [4.69, 9.17) is 14.5 Å². The summed E-state index contributed by atoms with van der Waals surface area (Å²) in [6.07, 6.45) is 0.338. The number of nitrogens with zero attached hydrogens (tertiary/aromatic N) is 4. The summed E-state index contributed by atoms with van der Waals surface area (Å²) in [7, 11) is 2.04. The zero-order valence-corrected chi connectivity index (χ0v) is 21.9. The second kappa shape index (κ2) is 10.0. The summed E-state index contributed by atoms with van der Waals surface area (Å²) in [5.41, 5.74) is 3.59. The lowest BCUT2D eigenvalue weighted by atomic mass is 10.1. The number of rotatable bonds is 4. The predicted molar refractivity (Wildman–Crippen MR) is 142 cm³/mol. The van der Waals surface area contributed by atoms with Crippen LogP contribution in [0.4, 0.5) is 10.5 Å². The Hall–Kier alpha value is -3.59. The number of nitrogens with one attached hydrogen (secondary N) is 1. The molecular formula is C28H35N5O4. The standard InChI is InChI=1S/C28H35N5O4/c1-28(2,3)37-27(35)33-14-15-36-18-24(33)26(34)29-20-12-13-32(17-20)21-9-7-8-19(16-21)25-30-22-10-5-6-11-23(22)31(25)4/h5-11,16,20,24H,12-15,17-18H2,1-4H3,(H,29,34)/t20-,24?/m0/s1. The molecule has 0 radical (unpaired) electrons. The van der Waals surface area contributed by atoms with Crippen LogP contribution in [-0.4, -0.2) is 77.0 Å². The van der Waals surface area contributed by atoms with Crippen LogP contribution in [0, 0.1) is 0 Å². The average Bonchev–Trinajstić information content (AvgIpc) is 3.48. The highest BCUT2D eigenvalue weighted by atomic mass is 16.6. The number of anilines is 1. The second-order valence-electron chi connectivity index (χ2n) is 10.7. The first kappa shape index (κ1) is 25.1. The van der Waals surface area contributed by atoms with E-state index < -0.39 is 17.7 Å². The van der Waals surface area contributed by atoms with Gasteiger partial charge in [0.1, 0.15) is 17.5 Å². The number of imidazole rings is 1. The van der Waals surface area contributed by atoms with Crippen LogP contribution in [0.25, 0.3) is 22.4 Å². The molecule has 2 aliphatic rings. The SMILES string of the molecule is Cn1c(-c2cccc(N3CC[C@H](NC(=O)C4COCCN4C(=O)OC(C)(C)C)C3)c2)nc2ccccc21. The fraction of sp³-hybridized carbons (Fsp3) is 0.464. The van der Waals surface area contributed by atoms with Crippen LogP contribution >= 0.6 is 0 Å². The number of morpholine rings is 1. The highest BCUT2D eigenvalue weighted by molar-refractivity contribution is 5.86. The van der Waals surface area contributed by atoms with Gasteiger partial charge in [-0.1, -0.05) is 24.3 Å². The molecule has 1 aromatic heterocycles. The van der Waals surface area contributed by atoms with Crippen molar-refractivity contribution in [1.29, 1.82) is 0 Å². The van der Waals surface area contributed by atoms with Gasteiger partial charge in [0, 0.05) is 44.0 Å². The highest BCUT2D eigenvalue weighted by Crippen LogP contribution is 2.29. The minimum Gasteiger partial charge on any atom is -0.444 e. The molecule has 9 heteroatoms. The number of ether oxygens (including phenoxy) is 2. The number of fused-ring (bicyclic) bond motifs is 1. The van der Waals surface area contributed by atoms with Gasteiger partial charge in [-0.05, 0) is 51.5 Å². The van der Waals surface area contributed by atoms with Gasteiger partial charge in [0.05, 0.1) is 24.2 Å². The van der Waals surface area contributed by atoms with Crippen molar-refractivity contribution in [2.75, 3.05) is 37.7 Å². The van der Waals surface area contributed by atoms with Crippen LogP contribution < -0.4 is 10.2 Å². The molecule has 0 aliphatic carbocycles. The van der Waals surface area contributed by atoms with Crippen molar-refractivity contribution in [2.24, 2.45) is 7.05 Å². The molecule has 196 valence electrons. The second-order valence-corrected chi connectivity index (χ2v) is 10.7. The van der Waals surface area contributed by atoms with E-state index in [1.165, 1.54) is 4.90 Å². The molecule has 9 nitrogen and oxygen atoms in total. The van der Waals surface area contributed by atoms with Crippen molar-refractivity contribution in [3.05, 3.63) is 48.5 Å². The van der Waals surface area contributed by atoms with Gasteiger partial charge < -0.3 is 24.3 Å². The molecule has 0 bridgehead atoms. The third kappa shape index (κ3) is 5.41. The number of para-hydroxylation sites is 2. The van der Waals surface area contributed by atoms with Gasteiger partial charge in [0.25, 0.3) is 0 Å². The van der Waals surface area contributed by atoms with Crippen molar-refractivity contribution in [3.63, 3.8) is 0 Å². The number of hydrogen-bond acceptors (Lipinski definition) is 6. The Morgan fingerprint density at radius 3 is 2.70 bits per heavy atom. The Balaban J connectivity index is 1.25. The van der Waals surface area contributed by atoms with Gasteiger partial charge in [-0.2, -0.15) is 0 Å². The zero-order chi connectivity index (χ0) is 26.2. The van der Waals surface area contributed by atoms with Gasteiger partial charge in [0.15, 0.2) is 0 Å². The third-order valence-electron chi connectivity index (χ3n) is 6.85. The Morgan fingerprint density at radius 2 is 1.92 bits per heavy atom. The van der Waals surface area contributed by atoms with Crippen molar-refractivity contribution in [3.8, 4) is 11.4 Å². The van der Waals surface area contributed by atoms with E-state index in [1.54, 1.807) is 0 Å². The van der Waals surface area contributed by atoms with Crippen molar-refractivity contribution in [1.82, 2.24) is 19.8 Å². The molecule has 2 atom stereocenters. The van der Waals surface area contributed by atoms with E-state index in [1.807, 2.05) is 52.1 Å². The van der Waals surface area contributed by atoms with Gasteiger partial charge in [0.2, 0.25) is 5.91 Å². The number of aromatic nitrogens is 2. The minimum atomic E-state index is -0.696. The van der Waals surface area contributed by atoms with E-state index in [2.05, 4.69) is 39.0 Å². The van der Waals surface area contributed by atoms with E-state index in [9.17, 15) is 9.59 Å². The van der Waals surface area contributed by atoms with Crippen LogP contribution in [0.5, 0.6) is 0 Å². The van der Waals surface area contributed by atoms with E-state index in [-0.39, 0.29) is 18.6 Å². The van der Waals surface area contributed by atoms with Gasteiger partial charge >= 0.3 is 6.09 Å². The molecule has 1 unspecified atom stereocenters. The fourth-order valence-electron chi connectivity index (χ4n) is 5.02.